The molecule has 1 heterocycles. The molecule has 0 bridgehead atoms. The van der Waals surface area contributed by atoms with Gasteiger partial charge in [0.1, 0.15) is 0 Å². The standard InChI is InChI=1S/C11H11N3O4/c1-3-18-11(15)8(5-12)9-4-10(14(16)17)7(2)6-13-9/h4,6,8H,3H2,1-2H3. The molecule has 0 N–H and O–H groups in total. The summed E-state index contributed by atoms with van der Waals surface area (Å²) in [7, 11) is 0. The zero-order valence-electron chi connectivity index (χ0n) is 9.91. The third-order valence-electron chi connectivity index (χ3n) is 2.24. The van der Waals surface area contributed by atoms with Crippen LogP contribution in [0.2, 0.25) is 0 Å². The minimum Gasteiger partial charge on any atom is -0.465 e. The number of carbonyl (C=O) groups excluding carboxylic acids is 1. The van der Waals surface area contributed by atoms with Crippen molar-refractivity contribution in [3.8, 4) is 6.07 Å². The quantitative estimate of drug-likeness (QED) is 0.454. The van der Waals surface area contributed by atoms with E-state index in [0.717, 1.165) is 6.07 Å². The minimum atomic E-state index is -1.25. The molecule has 0 saturated heterocycles. The summed E-state index contributed by atoms with van der Waals surface area (Å²) >= 11 is 0. The molecule has 18 heavy (non-hydrogen) atoms. The van der Waals surface area contributed by atoms with Crippen LogP contribution in [0.1, 0.15) is 24.1 Å². The molecule has 0 spiro atoms. The van der Waals surface area contributed by atoms with Gasteiger partial charge in [-0.3, -0.25) is 19.9 Å². The van der Waals surface area contributed by atoms with Gasteiger partial charge < -0.3 is 4.74 Å². The van der Waals surface area contributed by atoms with E-state index < -0.39 is 16.8 Å². The first-order valence-electron chi connectivity index (χ1n) is 5.18. The Morgan fingerprint density at radius 1 is 1.72 bits per heavy atom. The Labute approximate surface area is 103 Å². The van der Waals surface area contributed by atoms with Crippen molar-refractivity contribution in [1.29, 1.82) is 5.26 Å². The van der Waals surface area contributed by atoms with Crippen LogP contribution in [0.5, 0.6) is 0 Å². The van der Waals surface area contributed by atoms with Gasteiger partial charge in [0.15, 0.2) is 5.92 Å². The second-order valence-corrected chi connectivity index (χ2v) is 3.47. The first-order chi connectivity index (χ1) is 8.51. The van der Waals surface area contributed by atoms with Crippen molar-refractivity contribution in [3.63, 3.8) is 0 Å². The van der Waals surface area contributed by atoms with Crippen molar-refractivity contribution < 1.29 is 14.5 Å². The second kappa shape index (κ2) is 5.72. The highest BCUT2D eigenvalue weighted by Crippen LogP contribution is 2.22. The van der Waals surface area contributed by atoms with E-state index in [2.05, 4.69) is 4.98 Å². The Bertz CT molecular complexity index is 522. The van der Waals surface area contributed by atoms with Crippen LogP contribution in [0.3, 0.4) is 0 Å². The number of pyridine rings is 1. The Balaban J connectivity index is 3.16. The van der Waals surface area contributed by atoms with E-state index in [4.69, 9.17) is 10.00 Å². The highest BCUT2D eigenvalue weighted by molar-refractivity contribution is 5.80. The Kier molecular flexibility index (Phi) is 4.32. The number of nitro groups is 1. The average Bonchev–Trinajstić information content (AvgIpc) is 2.32. The zero-order chi connectivity index (χ0) is 13.7. The van der Waals surface area contributed by atoms with Gasteiger partial charge in [-0.15, -0.1) is 0 Å². The monoisotopic (exact) mass is 249 g/mol. The van der Waals surface area contributed by atoms with Crippen LogP contribution >= 0.6 is 0 Å². The molecule has 0 fully saturated rings. The van der Waals surface area contributed by atoms with Gasteiger partial charge in [0.05, 0.1) is 23.3 Å². The molecule has 7 nitrogen and oxygen atoms in total. The highest BCUT2D eigenvalue weighted by atomic mass is 16.6. The molecule has 0 amide bonds. The lowest BCUT2D eigenvalue weighted by Gasteiger charge is -2.08. The van der Waals surface area contributed by atoms with Crippen molar-refractivity contribution in [2.24, 2.45) is 0 Å². The van der Waals surface area contributed by atoms with E-state index in [9.17, 15) is 14.9 Å². The fourth-order valence-corrected chi connectivity index (χ4v) is 1.35. The van der Waals surface area contributed by atoms with E-state index in [1.165, 1.54) is 13.1 Å². The lowest BCUT2D eigenvalue weighted by atomic mass is 10.1. The van der Waals surface area contributed by atoms with Gasteiger partial charge in [0.25, 0.3) is 5.69 Å². The maximum absolute atomic E-state index is 11.5. The number of aryl methyl sites for hydroxylation is 1. The number of nitriles is 1. The summed E-state index contributed by atoms with van der Waals surface area (Å²) in [5, 5.41) is 19.7. The molecule has 0 saturated carbocycles. The maximum Gasteiger partial charge on any atom is 0.329 e. The van der Waals surface area contributed by atoms with E-state index in [1.54, 1.807) is 13.0 Å². The van der Waals surface area contributed by atoms with Crippen molar-refractivity contribution in [1.82, 2.24) is 4.98 Å². The summed E-state index contributed by atoms with van der Waals surface area (Å²) in [6, 6.07) is 2.85. The summed E-state index contributed by atoms with van der Waals surface area (Å²) in [5.41, 5.74) is 0.210. The molecule has 0 aromatic carbocycles. The highest BCUT2D eigenvalue weighted by Gasteiger charge is 2.25. The summed E-state index contributed by atoms with van der Waals surface area (Å²) in [4.78, 5) is 25.5. The van der Waals surface area contributed by atoms with E-state index in [-0.39, 0.29) is 18.0 Å². The van der Waals surface area contributed by atoms with Crippen LogP contribution in [0.15, 0.2) is 12.3 Å². The number of ether oxygens (including phenoxy) is 1. The molecule has 0 aliphatic carbocycles. The van der Waals surface area contributed by atoms with Crippen molar-refractivity contribution in [2.45, 2.75) is 19.8 Å². The predicted octanol–water partition coefficient (Wildman–Crippen LogP) is 1.47. The topological polar surface area (TPSA) is 106 Å². The first-order valence-corrected chi connectivity index (χ1v) is 5.18. The van der Waals surface area contributed by atoms with Crippen molar-refractivity contribution in [2.75, 3.05) is 6.61 Å². The van der Waals surface area contributed by atoms with Gasteiger partial charge in [-0.25, -0.2) is 0 Å². The minimum absolute atomic E-state index is 0.0215. The third-order valence-corrected chi connectivity index (χ3v) is 2.24. The Morgan fingerprint density at radius 3 is 2.89 bits per heavy atom. The van der Waals surface area contributed by atoms with Crippen molar-refractivity contribution in [3.05, 3.63) is 33.6 Å². The van der Waals surface area contributed by atoms with Gasteiger partial charge in [-0.1, -0.05) is 0 Å². The molecule has 0 aliphatic rings. The molecule has 1 aromatic heterocycles. The molecule has 1 rings (SSSR count). The third kappa shape index (κ3) is 2.79. The fourth-order valence-electron chi connectivity index (χ4n) is 1.35. The van der Waals surface area contributed by atoms with E-state index in [1.807, 2.05) is 0 Å². The smallest absolute Gasteiger partial charge is 0.329 e. The van der Waals surface area contributed by atoms with Crippen LogP contribution in [-0.2, 0) is 9.53 Å². The molecule has 1 unspecified atom stereocenters. The largest absolute Gasteiger partial charge is 0.465 e. The Morgan fingerprint density at radius 2 is 2.39 bits per heavy atom. The van der Waals surface area contributed by atoms with Gasteiger partial charge in [0, 0.05) is 17.8 Å². The summed E-state index contributed by atoms with van der Waals surface area (Å²) < 4.78 is 4.71. The molecule has 94 valence electrons. The summed E-state index contributed by atoms with van der Waals surface area (Å²) in [6.45, 7) is 3.27. The predicted molar refractivity (Wildman–Crippen MR) is 60.6 cm³/mol. The molecule has 1 atom stereocenters. The molecule has 0 aliphatic heterocycles. The SMILES string of the molecule is CCOC(=O)C(C#N)c1cc([N+](=O)[O-])c(C)cn1. The zero-order valence-corrected chi connectivity index (χ0v) is 9.91. The van der Waals surface area contributed by atoms with Crippen LogP contribution < -0.4 is 0 Å². The number of nitrogens with zero attached hydrogens (tertiary/aromatic N) is 3. The molecular weight excluding hydrogens is 238 g/mol. The first kappa shape index (κ1) is 13.6. The number of rotatable bonds is 4. The number of aromatic nitrogens is 1. The molecule has 0 radical (unpaired) electrons. The van der Waals surface area contributed by atoms with Gasteiger partial charge in [-0.2, -0.15) is 5.26 Å². The summed E-state index contributed by atoms with van der Waals surface area (Å²) in [5.74, 6) is -2.00. The number of hydrogen-bond acceptors (Lipinski definition) is 6. The van der Waals surface area contributed by atoms with E-state index >= 15 is 0 Å². The number of carbonyl (C=O) groups is 1. The fraction of sp³-hybridized carbons (Fsp3) is 0.364. The summed E-state index contributed by atoms with van der Waals surface area (Å²) in [6.07, 6.45) is 1.26. The average molecular weight is 249 g/mol. The van der Waals surface area contributed by atoms with E-state index in [0.29, 0.717) is 5.56 Å². The molecular formula is C11H11N3O4. The van der Waals surface area contributed by atoms with Crippen LogP contribution in [0, 0.1) is 28.4 Å². The molecule has 1 aromatic rings. The van der Waals surface area contributed by atoms with Crippen molar-refractivity contribution >= 4 is 11.7 Å². The van der Waals surface area contributed by atoms with Gasteiger partial charge >= 0.3 is 5.97 Å². The lowest BCUT2D eigenvalue weighted by Crippen LogP contribution is -2.16. The van der Waals surface area contributed by atoms with Gasteiger partial charge in [-0.05, 0) is 13.8 Å². The van der Waals surface area contributed by atoms with Crippen LogP contribution in [0.25, 0.3) is 0 Å². The molecule has 7 heteroatoms. The van der Waals surface area contributed by atoms with Crippen LogP contribution in [0.4, 0.5) is 5.69 Å². The maximum atomic E-state index is 11.5. The number of esters is 1. The van der Waals surface area contributed by atoms with Gasteiger partial charge in [0.2, 0.25) is 0 Å². The normalized spacial score (nSPS) is 11.4. The number of hydrogen-bond donors (Lipinski definition) is 0. The Hall–Kier alpha value is -2.49. The second-order valence-electron chi connectivity index (χ2n) is 3.47. The van der Waals surface area contributed by atoms with Crippen LogP contribution in [-0.4, -0.2) is 22.5 Å². The lowest BCUT2D eigenvalue weighted by molar-refractivity contribution is -0.385.